The van der Waals surface area contributed by atoms with E-state index in [-0.39, 0.29) is 37.2 Å². The predicted molar refractivity (Wildman–Crippen MR) is 171 cm³/mol. The third kappa shape index (κ3) is 6.66. The SMILES string of the molecule is CCCN(C(=O)C(F)(F)F)[C@H]1C[C@@H](n2cnc3c(NCC(c4ccccc4)c4ccc(F)cc4)nc(N4CC[C@@H](N)C4)nc32)[C@H](O)[C@@H]1O. The second-order valence-corrected chi connectivity index (χ2v) is 12.4. The van der Waals surface area contributed by atoms with Crippen molar-refractivity contribution >= 4 is 28.8 Å². The lowest BCUT2D eigenvalue weighted by Gasteiger charge is -2.31. The number of fused-ring (bicyclic) bond motifs is 1. The van der Waals surface area contributed by atoms with Crippen LogP contribution < -0.4 is 16.0 Å². The lowest BCUT2D eigenvalue weighted by molar-refractivity contribution is -0.190. The Labute approximate surface area is 274 Å². The number of nitrogens with two attached hydrogens (primary N) is 1. The van der Waals surface area contributed by atoms with Crippen molar-refractivity contribution < 1.29 is 32.6 Å². The van der Waals surface area contributed by atoms with Gasteiger partial charge in [0.25, 0.3) is 0 Å². The summed E-state index contributed by atoms with van der Waals surface area (Å²) in [5, 5.41) is 25.5. The van der Waals surface area contributed by atoms with Crippen LogP contribution in [0.25, 0.3) is 11.2 Å². The Bertz CT molecular complexity index is 1720. The molecule has 256 valence electrons. The zero-order valence-electron chi connectivity index (χ0n) is 26.3. The number of nitrogens with one attached hydrogen (secondary N) is 1. The van der Waals surface area contributed by atoms with Gasteiger partial charge in [0.1, 0.15) is 18.0 Å². The Kier molecular flexibility index (Phi) is 9.54. The molecule has 2 fully saturated rings. The number of alkyl halides is 3. The van der Waals surface area contributed by atoms with Gasteiger partial charge in [-0.1, -0.05) is 49.4 Å². The summed E-state index contributed by atoms with van der Waals surface area (Å²) >= 11 is 0. The van der Waals surface area contributed by atoms with Crippen molar-refractivity contribution in [1.82, 2.24) is 24.4 Å². The number of rotatable bonds is 10. The highest BCUT2D eigenvalue weighted by Gasteiger charge is 2.51. The minimum Gasteiger partial charge on any atom is -0.388 e. The molecule has 6 rings (SSSR count). The van der Waals surface area contributed by atoms with Crippen LogP contribution in [0.3, 0.4) is 0 Å². The van der Waals surface area contributed by atoms with Gasteiger partial charge in [0.15, 0.2) is 17.0 Å². The van der Waals surface area contributed by atoms with Crippen LogP contribution in [0, 0.1) is 5.82 Å². The second kappa shape index (κ2) is 13.6. The van der Waals surface area contributed by atoms with Gasteiger partial charge < -0.3 is 35.6 Å². The first-order valence-corrected chi connectivity index (χ1v) is 16.0. The first kappa shape index (κ1) is 33.6. The van der Waals surface area contributed by atoms with E-state index in [0.29, 0.717) is 47.5 Å². The van der Waals surface area contributed by atoms with Crippen LogP contribution in [-0.4, -0.2) is 97.2 Å². The number of aliphatic hydroxyl groups excluding tert-OH is 2. The highest BCUT2D eigenvalue weighted by molar-refractivity contribution is 5.85. The number of halogens is 4. The van der Waals surface area contributed by atoms with Gasteiger partial charge in [-0.15, -0.1) is 0 Å². The van der Waals surface area contributed by atoms with E-state index in [4.69, 9.17) is 15.7 Å². The quantitative estimate of drug-likeness (QED) is 0.186. The van der Waals surface area contributed by atoms with E-state index in [9.17, 15) is 32.6 Å². The molecule has 5 N–H and O–H groups in total. The van der Waals surface area contributed by atoms with Gasteiger partial charge in [-0.05, 0) is 42.5 Å². The van der Waals surface area contributed by atoms with E-state index < -0.39 is 36.4 Å². The van der Waals surface area contributed by atoms with E-state index in [0.717, 1.165) is 17.5 Å². The molecule has 15 heteroatoms. The number of benzene rings is 2. The van der Waals surface area contributed by atoms with E-state index in [1.807, 2.05) is 35.2 Å². The fourth-order valence-electron chi connectivity index (χ4n) is 6.78. The largest absolute Gasteiger partial charge is 0.471 e. The van der Waals surface area contributed by atoms with Crippen molar-refractivity contribution in [3.05, 3.63) is 77.9 Å². The van der Waals surface area contributed by atoms with Gasteiger partial charge in [-0.2, -0.15) is 23.1 Å². The molecule has 2 aromatic carbocycles. The van der Waals surface area contributed by atoms with Crippen LogP contribution in [0.4, 0.5) is 29.3 Å². The fourth-order valence-corrected chi connectivity index (χ4v) is 6.78. The molecule has 1 saturated carbocycles. The molecule has 0 bridgehead atoms. The Hall–Kier alpha value is -4.34. The lowest BCUT2D eigenvalue weighted by Crippen LogP contribution is -2.51. The van der Waals surface area contributed by atoms with E-state index in [2.05, 4.69) is 10.3 Å². The number of hydrogen-bond donors (Lipinski definition) is 4. The van der Waals surface area contributed by atoms with Crippen molar-refractivity contribution in [2.75, 3.05) is 36.4 Å². The fraction of sp³-hybridized carbons (Fsp3) is 0.455. The molecule has 2 aromatic heterocycles. The number of carbonyl (C=O) groups excluding carboxylic acids is 1. The molecule has 4 aromatic rings. The van der Waals surface area contributed by atoms with Crippen molar-refractivity contribution in [3.8, 4) is 0 Å². The highest BCUT2D eigenvalue weighted by atomic mass is 19.4. The van der Waals surface area contributed by atoms with Crippen molar-refractivity contribution in [2.45, 2.75) is 68.6 Å². The predicted octanol–water partition coefficient (Wildman–Crippen LogP) is 3.58. The number of aliphatic hydroxyl groups is 2. The first-order chi connectivity index (χ1) is 23.0. The molecular formula is C33H38F4N8O3. The van der Waals surface area contributed by atoms with E-state index >= 15 is 0 Å². The summed E-state index contributed by atoms with van der Waals surface area (Å²) in [7, 11) is 0. The van der Waals surface area contributed by atoms with Crippen LogP contribution in [0.1, 0.15) is 49.3 Å². The number of anilines is 2. The smallest absolute Gasteiger partial charge is 0.388 e. The number of carbonyl (C=O) groups is 1. The van der Waals surface area contributed by atoms with Gasteiger partial charge in [0, 0.05) is 38.1 Å². The maximum absolute atomic E-state index is 13.8. The van der Waals surface area contributed by atoms with Crippen LogP contribution in [0.5, 0.6) is 0 Å². The number of aromatic nitrogens is 4. The number of amides is 1. The topological polar surface area (TPSA) is 146 Å². The molecule has 0 radical (unpaired) electrons. The van der Waals surface area contributed by atoms with Crippen molar-refractivity contribution in [1.29, 1.82) is 0 Å². The van der Waals surface area contributed by atoms with Crippen molar-refractivity contribution in [2.24, 2.45) is 5.73 Å². The average Bonchev–Trinajstić information content (AvgIpc) is 3.77. The first-order valence-electron chi connectivity index (χ1n) is 16.0. The molecule has 3 heterocycles. The molecule has 1 aliphatic carbocycles. The Balaban J connectivity index is 1.37. The molecule has 1 unspecified atom stereocenters. The molecule has 11 nitrogen and oxygen atoms in total. The van der Waals surface area contributed by atoms with Gasteiger partial charge in [0.2, 0.25) is 5.95 Å². The summed E-state index contributed by atoms with van der Waals surface area (Å²) in [6, 6.07) is 13.7. The molecule has 1 aliphatic heterocycles. The summed E-state index contributed by atoms with van der Waals surface area (Å²) in [5.41, 5.74) is 8.68. The zero-order chi connectivity index (χ0) is 34.2. The standard InChI is InChI=1S/C33H38F4N8O3/c1-2-13-44(31(48)33(35,36)37)24-15-25(28(47)27(24)46)45-18-40-26-29(41-32(42-30(26)45)43-14-12-22(38)17-43)39-16-23(19-6-4-3-5-7-19)20-8-10-21(34)11-9-20/h3-11,18,22-25,27-28,46-47H,2,12-17,38H2,1H3,(H,39,41,42)/t22-,23?,24+,25-,27-,28+/m1/s1. The zero-order valence-corrected chi connectivity index (χ0v) is 26.3. The van der Waals surface area contributed by atoms with Crippen LogP contribution in [0.15, 0.2) is 60.9 Å². The molecule has 0 spiro atoms. The molecule has 1 saturated heterocycles. The van der Waals surface area contributed by atoms with Crippen molar-refractivity contribution in [3.63, 3.8) is 0 Å². The van der Waals surface area contributed by atoms with Crippen LogP contribution >= 0.6 is 0 Å². The molecule has 6 atom stereocenters. The monoisotopic (exact) mass is 670 g/mol. The average molecular weight is 671 g/mol. The summed E-state index contributed by atoms with van der Waals surface area (Å²) < 4.78 is 55.9. The Morgan fingerprint density at radius 1 is 1.08 bits per heavy atom. The van der Waals surface area contributed by atoms with E-state index in [1.165, 1.54) is 23.0 Å². The lowest BCUT2D eigenvalue weighted by atomic mass is 9.91. The molecule has 2 aliphatic rings. The Morgan fingerprint density at radius 2 is 1.79 bits per heavy atom. The molecular weight excluding hydrogens is 632 g/mol. The summed E-state index contributed by atoms with van der Waals surface area (Å²) in [4.78, 5) is 29.0. The third-order valence-electron chi connectivity index (χ3n) is 9.21. The van der Waals surface area contributed by atoms with Crippen LogP contribution in [0.2, 0.25) is 0 Å². The number of imidazole rings is 1. The van der Waals surface area contributed by atoms with Gasteiger partial charge >= 0.3 is 12.1 Å². The molecule has 1 amide bonds. The highest BCUT2D eigenvalue weighted by Crippen LogP contribution is 2.38. The minimum atomic E-state index is -5.13. The maximum atomic E-state index is 13.8. The minimum absolute atomic E-state index is 0.0881. The van der Waals surface area contributed by atoms with Gasteiger partial charge in [-0.3, -0.25) is 4.79 Å². The van der Waals surface area contributed by atoms with Gasteiger partial charge in [0.05, 0.1) is 18.4 Å². The summed E-state index contributed by atoms with van der Waals surface area (Å²) in [6.07, 6.45) is -6.08. The third-order valence-corrected chi connectivity index (χ3v) is 9.21. The number of nitrogens with zero attached hydrogens (tertiary/aromatic N) is 6. The molecule has 48 heavy (non-hydrogen) atoms. The van der Waals surface area contributed by atoms with E-state index in [1.54, 1.807) is 19.1 Å². The van der Waals surface area contributed by atoms with Crippen LogP contribution in [-0.2, 0) is 4.79 Å². The Morgan fingerprint density at radius 3 is 2.44 bits per heavy atom. The summed E-state index contributed by atoms with van der Waals surface area (Å²) in [5.74, 6) is -1.89. The second-order valence-electron chi connectivity index (χ2n) is 12.4. The normalized spacial score (nSPS) is 23.5. The van der Waals surface area contributed by atoms with Gasteiger partial charge in [-0.25, -0.2) is 9.37 Å². The maximum Gasteiger partial charge on any atom is 0.471 e. The summed E-state index contributed by atoms with van der Waals surface area (Å²) in [6.45, 7) is 2.83. The number of hydrogen-bond acceptors (Lipinski definition) is 9.